The second-order valence-corrected chi connectivity index (χ2v) is 6.76. The summed E-state index contributed by atoms with van der Waals surface area (Å²) in [6.07, 6.45) is 6.95. The maximum absolute atomic E-state index is 13.1. The van der Waals surface area contributed by atoms with Crippen LogP contribution >= 0.6 is 0 Å². The maximum Gasteiger partial charge on any atom is 0.305 e. The average Bonchev–Trinajstić information content (AvgIpc) is 2.76. The fraction of sp³-hybridized carbons (Fsp3) is 0.391. The minimum Gasteiger partial charge on any atom is -0.497 e. The standard InChI is InChI=1S/C23H27NO5/c1-28-19-11-9-18(10-12-19)23(27)22(17-13-15-24-16-14-17)20(25)7-5-3-4-6-8-21(26)29-2/h9-16,22H,3-8H2,1-2H3. The Morgan fingerprint density at radius 2 is 1.48 bits per heavy atom. The van der Waals surface area contributed by atoms with Crippen LogP contribution in [0.15, 0.2) is 48.8 Å². The molecule has 29 heavy (non-hydrogen) atoms. The van der Waals surface area contributed by atoms with Gasteiger partial charge in [-0.2, -0.15) is 0 Å². The monoisotopic (exact) mass is 397 g/mol. The van der Waals surface area contributed by atoms with E-state index in [1.54, 1.807) is 55.9 Å². The summed E-state index contributed by atoms with van der Waals surface area (Å²) in [5.41, 5.74) is 1.12. The minimum absolute atomic E-state index is 0.106. The van der Waals surface area contributed by atoms with Gasteiger partial charge in [-0.15, -0.1) is 0 Å². The first-order valence-corrected chi connectivity index (χ1v) is 9.74. The van der Waals surface area contributed by atoms with E-state index in [1.807, 2.05) is 0 Å². The van der Waals surface area contributed by atoms with E-state index >= 15 is 0 Å². The SMILES string of the molecule is COC(=O)CCCCCCC(=O)C(C(=O)c1ccc(OC)cc1)c1ccncc1. The molecule has 0 aliphatic heterocycles. The third-order valence-electron chi connectivity index (χ3n) is 4.78. The number of nitrogens with zero attached hydrogens (tertiary/aromatic N) is 1. The summed E-state index contributed by atoms with van der Waals surface area (Å²) in [5.74, 6) is -0.745. The third-order valence-corrected chi connectivity index (χ3v) is 4.78. The zero-order valence-corrected chi connectivity index (χ0v) is 16.9. The van der Waals surface area contributed by atoms with Crippen LogP contribution in [0.25, 0.3) is 0 Å². The van der Waals surface area contributed by atoms with Gasteiger partial charge >= 0.3 is 5.97 Å². The summed E-state index contributed by atoms with van der Waals surface area (Å²) in [6, 6.07) is 10.2. The highest BCUT2D eigenvalue weighted by Gasteiger charge is 2.28. The number of pyridine rings is 1. The smallest absolute Gasteiger partial charge is 0.305 e. The first-order valence-electron chi connectivity index (χ1n) is 9.74. The molecule has 0 fully saturated rings. The Morgan fingerprint density at radius 1 is 0.862 bits per heavy atom. The van der Waals surface area contributed by atoms with Crippen LogP contribution in [-0.2, 0) is 14.3 Å². The Kier molecular flexibility index (Phi) is 9.02. The number of hydrogen-bond acceptors (Lipinski definition) is 6. The van der Waals surface area contributed by atoms with Crippen LogP contribution in [0.4, 0.5) is 0 Å². The number of esters is 1. The Balaban J connectivity index is 2.01. The van der Waals surface area contributed by atoms with Crippen LogP contribution in [0, 0.1) is 0 Å². The molecule has 1 heterocycles. The zero-order chi connectivity index (χ0) is 21.1. The third kappa shape index (κ3) is 6.82. The first kappa shape index (κ1) is 22.3. The molecule has 1 atom stereocenters. The normalized spacial score (nSPS) is 11.5. The van der Waals surface area contributed by atoms with Crippen LogP contribution < -0.4 is 4.74 Å². The molecule has 2 rings (SSSR count). The van der Waals surface area contributed by atoms with Gasteiger partial charge in [0.25, 0.3) is 0 Å². The number of carbonyl (C=O) groups excluding carboxylic acids is 3. The largest absolute Gasteiger partial charge is 0.497 e. The molecule has 0 radical (unpaired) electrons. The van der Waals surface area contributed by atoms with Crippen LogP contribution in [0.5, 0.6) is 5.75 Å². The van der Waals surface area contributed by atoms with Gasteiger partial charge in [0.2, 0.25) is 0 Å². The molecule has 1 aromatic heterocycles. The van der Waals surface area contributed by atoms with Crippen molar-refractivity contribution in [2.75, 3.05) is 14.2 Å². The maximum atomic E-state index is 13.1. The van der Waals surface area contributed by atoms with Crippen LogP contribution in [-0.4, -0.2) is 36.7 Å². The lowest BCUT2D eigenvalue weighted by Gasteiger charge is -2.15. The molecule has 0 spiro atoms. The molecule has 0 amide bonds. The fourth-order valence-electron chi connectivity index (χ4n) is 3.13. The van der Waals surface area contributed by atoms with Crippen molar-refractivity contribution in [1.82, 2.24) is 4.98 Å². The van der Waals surface area contributed by atoms with Crippen LogP contribution in [0.3, 0.4) is 0 Å². The molecular weight excluding hydrogens is 370 g/mol. The number of benzene rings is 1. The number of ketones is 2. The van der Waals surface area contributed by atoms with Crippen molar-refractivity contribution >= 4 is 17.5 Å². The van der Waals surface area contributed by atoms with E-state index in [0.717, 1.165) is 19.3 Å². The topological polar surface area (TPSA) is 82.6 Å². The second kappa shape index (κ2) is 11.7. The number of methoxy groups -OCH3 is 2. The lowest BCUT2D eigenvalue weighted by Crippen LogP contribution is -2.22. The summed E-state index contributed by atoms with van der Waals surface area (Å²) in [4.78, 5) is 41.1. The molecule has 0 saturated carbocycles. The van der Waals surface area contributed by atoms with E-state index in [2.05, 4.69) is 9.72 Å². The van der Waals surface area contributed by atoms with Gasteiger partial charge in [0, 0.05) is 30.8 Å². The molecule has 0 N–H and O–H groups in total. The first-order chi connectivity index (χ1) is 14.1. The predicted molar refractivity (Wildman–Crippen MR) is 109 cm³/mol. The minimum atomic E-state index is -0.846. The van der Waals surface area contributed by atoms with Gasteiger partial charge in [-0.05, 0) is 54.8 Å². The van der Waals surface area contributed by atoms with Crippen molar-refractivity contribution in [3.8, 4) is 5.75 Å². The molecular formula is C23H27NO5. The van der Waals surface area contributed by atoms with E-state index < -0.39 is 5.92 Å². The number of unbranched alkanes of at least 4 members (excludes halogenated alkanes) is 3. The van der Waals surface area contributed by atoms with E-state index in [-0.39, 0.29) is 17.5 Å². The molecule has 1 unspecified atom stereocenters. The van der Waals surface area contributed by atoms with Crippen LogP contribution in [0.1, 0.15) is 60.4 Å². The van der Waals surface area contributed by atoms with Gasteiger partial charge in [-0.25, -0.2) is 0 Å². The quantitative estimate of drug-likeness (QED) is 0.232. The molecule has 1 aromatic carbocycles. The molecule has 6 nitrogen and oxygen atoms in total. The van der Waals surface area contributed by atoms with Gasteiger partial charge in [-0.3, -0.25) is 19.4 Å². The van der Waals surface area contributed by atoms with Crippen molar-refractivity contribution in [2.24, 2.45) is 0 Å². The van der Waals surface area contributed by atoms with E-state index in [9.17, 15) is 14.4 Å². The zero-order valence-electron chi connectivity index (χ0n) is 16.9. The molecule has 0 aliphatic rings. The number of carbonyl (C=O) groups is 3. The number of Topliss-reactive ketones (excluding diaryl/α,β-unsaturated/α-hetero) is 2. The summed E-state index contributed by atoms with van der Waals surface area (Å²) in [7, 11) is 2.94. The van der Waals surface area contributed by atoms with Gasteiger partial charge in [0.1, 0.15) is 17.5 Å². The molecule has 6 heteroatoms. The predicted octanol–water partition coefficient (Wildman–Crippen LogP) is 4.14. The van der Waals surface area contributed by atoms with Crippen molar-refractivity contribution in [3.05, 3.63) is 59.9 Å². The number of rotatable bonds is 12. The second-order valence-electron chi connectivity index (χ2n) is 6.76. The van der Waals surface area contributed by atoms with Gasteiger partial charge < -0.3 is 9.47 Å². The lowest BCUT2D eigenvalue weighted by molar-refractivity contribution is -0.140. The lowest BCUT2D eigenvalue weighted by atomic mass is 9.85. The van der Waals surface area contributed by atoms with E-state index in [1.165, 1.54) is 7.11 Å². The fourth-order valence-corrected chi connectivity index (χ4v) is 3.13. The Labute approximate surface area is 171 Å². The van der Waals surface area contributed by atoms with Crippen molar-refractivity contribution in [1.29, 1.82) is 0 Å². The van der Waals surface area contributed by atoms with E-state index in [0.29, 0.717) is 36.1 Å². The highest BCUT2D eigenvalue weighted by molar-refractivity contribution is 6.15. The summed E-state index contributed by atoms with van der Waals surface area (Å²) >= 11 is 0. The number of aromatic nitrogens is 1. The summed E-state index contributed by atoms with van der Waals surface area (Å²) in [5, 5.41) is 0. The molecule has 0 saturated heterocycles. The average molecular weight is 397 g/mol. The number of ether oxygens (including phenoxy) is 2. The Hall–Kier alpha value is -3.02. The molecule has 0 bridgehead atoms. The summed E-state index contributed by atoms with van der Waals surface area (Å²) in [6.45, 7) is 0. The van der Waals surface area contributed by atoms with Gasteiger partial charge in [0.15, 0.2) is 5.78 Å². The number of hydrogen-bond donors (Lipinski definition) is 0. The van der Waals surface area contributed by atoms with E-state index in [4.69, 9.17) is 4.74 Å². The molecule has 154 valence electrons. The molecule has 0 aliphatic carbocycles. The van der Waals surface area contributed by atoms with Crippen LogP contribution in [0.2, 0.25) is 0 Å². The van der Waals surface area contributed by atoms with Crippen molar-refractivity contribution in [3.63, 3.8) is 0 Å². The van der Waals surface area contributed by atoms with Gasteiger partial charge in [-0.1, -0.05) is 12.8 Å². The molecule has 2 aromatic rings. The summed E-state index contributed by atoms with van der Waals surface area (Å²) < 4.78 is 9.75. The van der Waals surface area contributed by atoms with Crippen molar-refractivity contribution in [2.45, 2.75) is 44.4 Å². The highest BCUT2D eigenvalue weighted by Crippen LogP contribution is 2.25. The highest BCUT2D eigenvalue weighted by atomic mass is 16.5. The van der Waals surface area contributed by atoms with Crippen molar-refractivity contribution < 1.29 is 23.9 Å². The Bertz CT molecular complexity index is 802. The Morgan fingerprint density at radius 3 is 2.07 bits per heavy atom. The van der Waals surface area contributed by atoms with Gasteiger partial charge in [0.05, 0.1) is 14.2 Å².